The predicted octanol–water partition coefficient (Wildman–Crippen LogP) is 8.30. The van der Waals surface area contributed by atoms with Gasteiger partial charge in [-0.15, -0.1) is 22.7 Å². The van der Waals surface area contributed by atoms with Crippen molar-refractivity contribution >= 4 is 65.6 Å². The lowest BCUT2D eigenvalue weighted by Crippen LogP contribution is -2.41. The lowest BCUT2D eigenvalue weighted by molar-refractivity contribution is 0.00578. The standard InChI is InChI=1S/C31H26BNO2S2/c1-30(2)31(3,4)35-32(34-30)24-12-8-11-22-23-18-20(15-16-26(23)36-28(22)24)19-9-7-10-21(17-19)29-33-25-13-5-6-14-27(25)37-29/h5-18H,1-4H3. The maximum Gasteiger partial charge on any atom is 0.496 e. The molecule has 3 nitrogen and oxygen atoms in total. The molecule has 1 saturated heterocycles. The first-order valence-corrected chi connectivity index (χ1v) is 14.2. The van der Waals surface area contributed by atoms with E-state index < -0.39 is 0 Å². The predicted molar refractivity (Wildman–Crippen MR) is 159 cm³/mol. The minimum absolute atomic E-state index is 0.363. The monoisotopic (exact) mass is 519 g/mol. The summed E-state index contributed by atoms with van der Waals surface area (Å²) < 4.78 is 16.5. The van der Waals surface area contributed by atoms with Crippen LogP contribution < -0.4 is 5.46 Å². The highest BCUT2D eigenvalue weighted by Crippen LogP contribution is 2.40. The second kappa shape index (κ2) is 8.24. The fourth-order valence-electron chi connectivity index (χ4n) is 4.98. The number of fused-ring (bicyclic) bond motifs is 4. The summed E-state index contributed by atoms with van der Waals surface area (Å²) in [6.45, 7) is 8.42. The molecule has 1 fully saturated rings. The number of para-hydroxylation sites is 1. The van der Waals surface area contributed by atoms with Gasteiger partial charge >= 0.3 is 7.12 Å². The van der Waals surface area contributed by atoms with E-state index in [-0.39, 0.29) is 18.3 Å². The maximum absolute atomic E-state index is 6.40. The van der Waals surface area contributed by atoms with Gasteiger partial charge in [0.05, 0.1) is 21.4 Å². The smallest absolute Gasteiger partial charge is 0.399 e. The fraction of sp³-hybridized carbons (Fsp3) is 0.194. The van der Waals surface area contributed by atoms with Crippen molar-refractivity contribution in [2.45, 2.75) is 38.9 Å². The van der Waals surface area contributed by atoms with Gasteiger partial charge in [0.2, 0.25) is 0 Å². The van der Waals surface area contributed by atoms with Crippen molar-refractivity contribution in [1.82, 2.24) is 4.98 Å². The molecule has 6 aromatic rings. The zero-order valence-electron chi connectivity index (χ0n) is 21.2. The first kappa shape index (κ1) is 23.1. The molecule has 0 atom stereocenters. The summed E-state index contributed by atoms with van der Waals surface area (Å²) in [5.41, 5.74) is 4.98. The number of thiazole rings is 1. The van der Waals surface area contributed by atoms with Gasteiger partial charge in [0.15, 0.2) is 0 Å². The van der Waals surface area contributed by atoms with Crippen LogP contribution in [0.3, 0.4) is 0 Å². The van der Waals surface area contributed by atoms with Crippen LogP contribution in [0.5, 0.6) is 0 Å². The molecule has 0 aliphatic carbocycles. The second-order valence-corrected chi connectivity index (χ2v) is 12.8. The van der Waals surface area contributed by atoms with E-state index in [1.807, 2.05) is 17.4 Å². The quantitative estimate of drug-likeness (QED) is 0.221. The number of nitrogens with zero attached hydrogens (tertiary/aromatic N) is 1. The van der Waals surface area contributed by atoms with E-state index in [0.717, 1.165) is 21.6 Å². The van der Waals surface area contributed by atoms with E-state index in [4.69, 9.17) is 14.3 Å². The highest BCUT2D eigenvalue weighted by molar-refractivity contribution is 7.27. The number of aromatic nitrogens is 1. The lowest BCUT2D eigenvalue weighted by Gasteiger charge is -2.32. The lowest BCUT2D eigenvalue weighted by atomic mass is 9.78. The molecule has 7 rings (SSSR count). The summed E-state index contributed by atoms with van der Waals surface area (Å²) in [4.78, 5) is 4.86. The molecule has 0 amide bonds. The van der Waals surface area contributed by atoms with Gasteiger partial charge in [0.25, 0.3) is 0 Å². The van der Waals surface area contributed by atoms with Gasteiger partial charge in [-0.05, 0) is 74.5 Å². The summed E-state index contributed by atoms with van der Waals surface area (Å²) in [6, 6.07) is 30.3. The van der Waals surface area contributed by atoms with Crippen LogP contribution in [-0.2, 0) is 9.31 Å². The molecule has 0 N–H and O–H groups in total. The Morgan fingerprint density at radius 2 is 1.38 bits per heavy atom. The second-order valence-electron chi connectivity index (χ2n) is 10.7. The van der Waals surface area contributed by atoms with E-state index >= 15 is 0 Å². The minimum atomic E-state index is -0.369. The van der Waals surface area contributed by atoms with Gasteiger partial charge in [0, 0.05) is 25.8 Å². The molecular weight excluding hydrogens is 493 g/mol. The molecule has 1 aliphatic rings. The third-order valence-corrected chi connectivity index (χ3v) is 10.1. The Morgan fingerprint density at radius 1 is 0.649 bits per heavy atom. The van der Waals surface area contributed by atoms with Crippen molar-refractivity contribution in [3.8, 4) is 21.7 Å². The Hall–Kier alpha value is -3.03. The third-order valence-electron chi connectivity index (χ3n) is 7.77. The molecule has 37 heavy (non-hydrogen) atoms. The van der Waals surface area contributed by atoms with Crippen LogP contribution in [-0.4, -0.2) is 23.3 Å². The van der Waals surface area contributed by atoms with Crippen molar-refractivity contribution in [3.63, 3.8) is 0 Å². The molecule has 2 aromatic heterocycles. The molecule has 0 unspecified atom stereocenters. The number of rotatable bonds is 3. The van der Waals surface area contributed by atoms with Crippen LogP contribution >= 0.6 is 22.7 Å². The van der Waals surface area contributed by atoms with Gasteiger partial charge in [-0.3, -0.25) is 0 Å². The molecular formula is C31H26BNO2S2. The summed E-state index contributed by atoms with van der Waals surface area (Å²) in [7, 11) is -0.369. The first-order valence-electron chi connectivity index (χ1n) is 12.6. The van der Waals surface area contributed by atoms with Crippen molar-refractivity contribution in [3.05, 3.63) is 84.9 Å². The number of benzene rings is 4. The van der Waals surface area contributed by atoms with Crippen LogP contribution in [0.2, 0.25) is 0 Å². The largest absolute Gasteiger partial charge is 0.496 e. The van der Waals surface area contributed by atoms with Crippen LogP contribution in [0.1, 0.15) is 27.7 Å². The normalized spacial score (nSPS) is 16.8. The van der Waals surface area contributed by atoms with Crippen LogP contribution in [0.4, 0.5) is 0 Å². The molecule has 0 saturated carbocycles. The van der Waals surface area contributed by atoms with E-state index in [1.54, 1.807) is 11.3 Å². The van der Waals surface area contributed by atoms with Crippen molar-refractivity contribution in [2.75, 3.05) is 0 Å². The Labute approximate surface area is 224 Å². The van der Waals surface area contributed by atoms with E-state index in [0.29, 0.717) is 0 Å². The van der Waals surface area contributed by atoms with Crippen LogP contribution in [0.25, 0.3) is 52.1 Å². The zero-order valence-corrected chi connectivity index (χ0v) is 22.9. The molecule has 4 aromatic carbocycles. The minimum Gasteiger partial charge on any atom is -0.399 e. The van der Waals surface area contributed by atoms with Crippen LogP contribution in [0, 0.1) is 0 Å². The number of hydrogen-bond acceptors (Lipinski definition) is 5. The molecule has 0 radical (unpaired) electrons. The van der Waals surface area contributed by atoms with Gasteiger partial charge in [-0.2, -0.15) is 0 Å². The molecule has 0 bridgehead atoms. The number of hydrogen-bond donors (Lipinski definition) is 0. The Bertz CT molecular complexity index is 1770. The Kier molecular flexibility index (Phi) is 5.15. The molecule has 0 spiro atoms. The molecule has 182 valence electrons. The van der Waals surface area contributed by atoms with E-state index in [2.05, 4.69) is 107 Å². The van der Waals surface area contributed by atoms with E-state index in [1.165, 1.54) is 36.0 Å². The molecule has 3 heterocycles. The van der Waals surface area contributed by atoms with E-state index in [9.17, 15) is 0 Å². The summed E-state index contributed by atoms with van der Waals surface area (Å²) in [5, 5.41) is 3.56. The maximum atomic E-state index is 6.40. The highest BCUT2D eigenvalue weighted by Gasteiger charge is 2.52. The van der Waals surface area contributed by atoms with Gasteiger partial charge < -0.3 is 9.31 Å². The SMILES string of the molecule is CC1(C)OB(c2cccc3c2sc2ccc(-c4cccc(-c5nc6ccccc6s5)c4)cc23)OC1(C)C. The molecule has 1 aliphatic heterocycles. The van der Waals surface area contributed by atoms with Crippen molar-refractivity contribution in [1.29, 1.82) is 0 Å². The number of thiophene rings is 1. The van der Waals surface area contributed by atoms with Gasteiger partial charge in [-0.1, -0.05) is 54.6 Å². The Balaban J connectivity index is 1.30. The third kappa shape index (κ3) is 3.74. The van der Waals surface area contributed by atoms with Crippen LogP contribution in [0.15, 0.2) is 84.9 Å². The summed E-state index contributed by atoms with van der Waals surface area (Å²) in [6.07, 6.45) is 0. The highest BCUT2D eigenvalue weighted by atomic mass is 32.1. The summed E-state index contributed by atoms with van der Waals surface area (Å²) >= 11 is 3.55. The first-order chi connectivity index (χ1) is 17.8. The molecule has 6 heteroatoms. The average molecular weight is 520 g/mol. The van der Waals surface area contributed by atoms with Crippen molar-refractivity contribution < 1.29 is 9.31 Å². The zero-order chi connectivity index (χ0) is 25.4. The average Bonchev–Trinajstić information content (AvgIpc) is 3.55. The van der Waals surface area contributed by atoms with Gasteiger partial charge in [0.1, 0.15) is 5.01 Å². The van der Waals surface area contributed by atoms with Crippen molar-refractivity contribution in [2.24, 2.45) is 0 Å². The van der Waals surface area contributed by atoms with Gasteiger partial charge in [-0.25, -0.2) is 4.98 Å². The summed E-state index contributed by atoms with van der Waals surface area (Å²) in [5.74, 6) is 0. The topological polar surface area (TPSA) is 31.4 Å². The Morgan fingerprint density at radius 3 is 2.19 bits per heavy atom. The fourth-order valence-corrected chi connectivity index (χ4v) is 7.15.